The summed E-state index contributed by atoms with van der Waals surface area (Å²) in [5.74, 6) is 0.677. The van der Waals surface area contributed by atoms with Crippen molar-refractivity contribution in [2.45, 2.75) is 13.0 Å². The largest absolute Gasteiger partial charge is 0.495 e. The van der Waals surface area contributed by atoms with E-state index in [-0.39, 0.29) is 6.04 Å². The number of benzene rings is 1. The van der Waals surface area contributed by atoms with Crippen molar-refractivity contribution in [2.75, 3.05) is 18.2 Å². The first-order chi connectivity index (χ1) is 8.61. The molecule has 2 aromatic rings. The molecule has 3 N–H and O–H groups in total. The lowest BCUT2D eigenvalue weighted by molar-refractivity contribution is 0.417. The lowest BCUT2D eigenvalue weighted by Gasteiger charge is -2.16. The molecule has 0 fully saturated rings. The van der Waals surface area contributed by atoms with Gasteiger partial charge in [0.1, 0.15) is 5.75 Å². The molecular weight excluding hydrogens is 268 g/mol. The molecule has 18 heavy (non-hydrogen) atoms. The number of anilines is 2. The SMILES string of the molecule is COc1cccc(NC(C)c2ccc(Cl)s2)c1N. The zero-order valence-electron chi connectivity index (χ0n) is 10.2. The number of rotatable bonds is 4. The van der Waals surface area contributed by atoms with Crippen LogP contribution in [0.15, 0.2) is 30.3 Å². The van der Waals surface area contributed by atoms with Crippen molar-refractivity contribution in [3.8, 4) is 5.75 Å². The molecule has 5 heteroatoms. The molecule has 0 bridgehead atoms. The summed E-state index contributed by atoms with van der Waals surface area (Å²) in [6.07, 6.45) is 0. The van der Waals surface area contributed by atoms with Crippen molar-refractivity contribution < 1.29 is 4.74 Å². The van der Waals surface area contributed by atoms with Crippen LogP contribution in [0.4, 0.5) is 11.4 Å². The topological polar surface area (TPSA) is 47.3 Å². The molecule has 1 heterocycles. The third kappa shape index (κ3) is 2.71. The maximum atomic E-state index is 6.02. The second-order valence-electron chi connectivity index (χ2n) is 3.93. The van der Waals surface area contributed by atoms with E-state index in [0.717, 1.165) is 10.0 Å². The van der Waals surface area contributed by atoms with Crippen molar-refractivity contribution in [3.05, 3.63) is 39.5 Å². The maximum absolute atomic E-state index is 6.02. The molecule has 0 spiro atoms. The van der Waals surface area contributed by atoms with Crippen LogP contribution in [0.1, 0.15) is 17.8 Å². The Hall–Kier alpha value is -1.39. The van der Waals surface area contributed by atoms with Crippen molar-refractivity contribution in [2.24, 2.45) is 0 Å². The Balaban J connectivity index is 2.19. The van der Waals surface area contributed by atoms with E-state index in [0.29, 0.717) is 11.4 Å². The molecule has 1 aromatic carbocycles. The van der Waals surface area contributed by atoms with Gasteiger partial charge in [-0.25, -0.2) is 0 Å². The van der Waals surface area contributed by atoms with Crippen LogP contribution in [-0.2, 0) is 0 Å². The van der Waals surface area contributed by atoms with Gasteiger partial charge in [0, 0.05) is 4.88 Å². The Labute approximate surface area is 116 Å². The Morgan fingerprint density at radius 1 is 1.33 bits per heavy atom. The van der Waals surface area contributed by atoms with Crippen LogP contribution in [0.25, 0.3) is 0 Å². The number of para-hydroxylation sites is 1. The first-order valence-electron chi connectivity index (χ1n) is 5.56. The van der Waals surface area contributed by atoms with Gasteiger partial charge in [-0.05, 0) is 31.2 Å². The monoisotopic (exact) mass is 282 g/mol. The average molecular weight is 283 g/mol. The fourth-order valence-electron chi connectivity index (χ4n) is 1.71. The minimum atomic E-state index is 0.150. The highest BCUT2D eigenvalue weighted by Gasteiger charge is 2.11. The van der Waals surface area contributed by atoms with Crippen molar-refractivity contribution in [1.29, 1.82) is 0 Å². The highest BCUT2D eigenvalue weighted by molar-refractivity contribution is 7.16. The Morgan fingerprint density at radius 2 is 2.11 bits per heavy atom. The van der Waals surface area contributed by atoms with Crippen LogP contribution in [0, 0.1) is 0 Å². The summed E-state index contributed by atoms with van der Waals surface area (Å²) >= 11 is 7.49. The molecule has 96 valence electrons. The molecule has 0 amide bonds. The Kier molecular flexibility index (Phi) is 3.99. The third-order valence-electron chi connectivity index (χ3n) is 2.68. The fourth-order valence-corrected chi connectivity index (χ4v) is 2.78. The summed E-state index contributed by atoms with van der Waals surface area (Å²) in [5.41, 5.74) is 7.50. The van der Waals surface area contributed by atoms with Crippen LogP contribution in [-0.4, -0.2) is 7.11 Å². The van der Waals surface area contributed by atoms with Gasteiger partial charge in [-0.15, -0.1) is 11.3 Å². The lowest BCUT2D eigenvalue weighted by atomic mass is 10.2. The minimum absolute atomic E-state index is 0.150. The van der Waals surface area contributed by atoms with Crippen molar-refractivity contribution >= 4 is 34.3 Å². The zero-order valence-corrected chi connectivity index (χ0v) is 11.8. The number of methoxy groups -OCH3 is 1. The van der Waals surface area contributed by atoms with Crippen LogP contribution in [0.2, 0.25) is 4.34 Å². The molecule has 1 aromatic heterocycles. The molecule has 0 aliphatic heterocycles. The van der Waals surface area contributed by atoms with Crippen molar-refractivity contribution in [3.63, 3.8) is 0 Å². The number of halogens is 1. The number of hydrogen-bond acceptors (Lipinski definition) is 4. The molecule has 0 saturated carbocycles. The first kappa shape index (κ1) is 13.1. The van der Waals surface area contributed by atoms with Gasteiger partial charge >= 0.3 is 0 Å². The molecular formula is C13H15ClN2OS. The first-order valence-corrected chi connectivity index (χ1v) is 6.75. The second kappa shape index (κ2) is 5.50. The molecule has 0 aliphatic carbocycles. The van der Waals surface area contributed by atoms with E-state index in [1.807, 2.05) is 30.3 Å². The molecule has 2 rings (SSSR count). The van der Waals surface area contributed by atoms with E-state index in [4.69, 9.17) is 22.1 Å². The van der Waals surface area contributed by atoms with Gasteiger partial charge < -0.3 is 15.8 Å². The standard InChI is InChI=1S/C13H15ClN2OS/c1-8(11-6-7-12(14)18-11)16-9-4-3-5-10(17-2)13(9)15/h3-8,16H,15H2,1-2H3. The summed E-state index contributed by atoms with van der Waals surface area (Å²) in [4.78, 5) is 1.17. The van der Waals surface area contributed by atoms with E-state index >= 15 is 0 Å². The van der Waals surface area contributed by atoms with Gasteiger partial charge in [-0.3, -0.25) is 0 Å². The second-order valence-corrected chi connectivity index (χ2v) is 5.68. The molecule has 1 atom stereocenters. The summed E-state index contributed by atoms with van der Waals surface area (Å²) in [6, 6.07) is 9.75. The number of hydrogen-bond donors (Lipinski definition) is 2. The van der Waals surface area contributed by atoms with E-state index < -0.39 is 0 Å². The quantitative estimate of drug-likeness (QED) is 0.828. The summed E-state index contributed by atoms with van der Waals surface area (Å²) in [6.45, 7) is 2.07. The minimum Gasteiger partial charge on any atom is -0.495 e. The van der Waals surface area contributed by atoms with E-state index in [2.05, 4.69) is 12.2 Å². The third-order valence-corrected chi connectivity index (χ3v) is 4.09. The van der Waals surface area contributed by atoms with Gasteiger partial charge in [-0.1, -0.05) is 17.7 Å². The van der Waals surface area contributed by atoms with Crippen molar-refractivity contribution in [1.82, 2.24) is 0 Å². The van der Waals surface area contributed by atoms with E-state index in [9.17, 15) is 0 Å². The lowest BCUT2D eigenvalue weighted by Crippen LogP contribution is -2.07. The Morgan fingerprint density at radius 3 is 2.72 bits per heavy atom. The molecule has 1 unspecified atom stereocenters. The summed E-state index contributed by atoms with van der Waals surface area (Å²) in [7, 11) is 1.61. The van der Waals surface area contributed by atoms with Crippen LogP contribution in [0.5, 0.6) is 5.75 Å². The Bertz CT molecular complexity index is 542. The van der Waals surface area contributed by atoms with Crippen LogP contribution < -0.4 is 15.8 Å². The van der Waals surface area contributed by atoms with Gasteiger partial charge in [0.25, 0.3) is 0 Å². The van der Waals surface area contributed by atoms with Crippen LogP contribution in [0.3, 0.4) is 0 Å². The molecule has 3 nitrogen and oxygen atoms in total. The summed E-state index contributed by atoms with van der Waals surface area (Å²) in [5, 5.41) is 3.36. The van der Waals surface area contributed by atoms with Crippen LogP contribution >= 0.6 is 22.9 Å². The number of nitrogens with two attached hydrogens (primary N) is 1. The van der Waals surface area contributed by atoms with Gasteiger partial charge in [0.2, 0.25) is 0 Å². The summed E-state index contributed by atoms with van der Waals surface area (Å²) < 4.78 is 5.98. The van der Waals surface area contributed by atoms with Gasteiger partial charge in [-0.2, -0.15) is 0 Å². The number of ether oxygens (including phenoxy) is 1. The van der Waals surface area contributed by atoms with E-state index in [1.54, 1.807) is 18.4 Å². The maximum Gasteiger partial charge on any atom is 0.143 e. The number of thiophene rings is 1. The predicted molar refractivity (Wildman–Crippen MR) is 78.8 cm³/mol. The molecule has 0 aliphatic rings. The highest BCUT2D eigenvalue weighted by atomic mass is 35.5. The molecule has 0 radical (unpaired) electrons. The number of nitrogens with one attached hydrogen (secondary N) is 1. The average Bonchev–Trinajstić information content (AvgIpc) is 2.78. The fraction of sp³-hybridized carbons (Fsp3) is 0.231. The number of nitrogen functional groups attached to an aromatic ring is 1. The predicted octanol–water partition coefficient (Wildman–Crippen LogP) is 4.17. The van der Waals surface area contributed by atoms with Gasteiger partial charge in [0.15, 0.2) is 0 Å². The highest BCUT2D eigenvalue weighted by Crippen LogP contribution is 2.33. The zero-order chi connectivity index (χ0) is 13.1. The smallest absolute Gasteiger partial charge is 0.143 e. The van der Waals surface area contributed by atoms with Gasteiger partial charge in [0.05, 0.1) is 28.9 Å². The molecule has 0 saturated heterocycles. The van der Waals surface area contributed by atoms with E-state index in [1.165, 1.54) is 4.88 Å². The normalized spacial score (nSPS) is 12.2.